The number of likely N-dealkylation sites (tertiary alicyclic amines) is 1. The maximum absolute atomic E-state index is 11.8. The molecule has 6 nitrogen and oxygen atoms in total. The van der Waals surface area contributed by atoms with E-state index in [1.165, 1.54) is 19.2 Å². The maximum Gasteiger partial charge on any atom is 0.268 e. The summed E-state index contributed by atoms with van der Waals surface area (Å²) in [5.41, 5.74) is 0.746. The predicted octanol–water partition coefficient (Wildman–Crippen LogP) is 0.569. The average molecular weight is 263 g/mol. The SMILES string of the molecule is CC(=O)c1c[nH]c(C(=O)NCC(=O)N2CCCC2)c1. The molecule has 2 rings (SSSR count). The van der Waals surface area contributed by atoms with Gasteiger partial charge in [-0.15, -0.1) is 0 Å². The van der Waals surface area contributed by atoms with Crippen LogP contribution in [0, 0.1) is 0 Å². The van der Waals surface area contributed by atoms with Crippen molar-refractivity contribution in [1.29, 1.82) is 0 Å². The fourth-order valence-electron chi connectivity index (χ4n) is 2.06. The number of hydrogen-bond acceptors (Lipinski definition) is 3. The number of nitrogens with zero attached hydrogens (tertiary/aromatic N) is 1. The lowest BCUT2D eigenvalue weighted by molar-refractivity contribution is -0.129. The Morgan fingerprint density at radius 2 is 2.00 bits per heavy atom. The number of aromatic amines is 1. The van der Waals surface area contributed by atoms with Crippen molar-refractivity contribution in [3.63, 3.8) is 0 Å². The van der Waals surface area contributed by atoms with E-state index < -0.39 is 0 Å². The summed E-state index contributed by atoms with van der Waals surface area (Å²) in [4.78, 5) is 39.1. The third kappa shape index (κ3) is 3.21. The first-order valence-corrected chi connectivity index (χ1v) is 6.33. The normalized spacial score (nSPS) is 14.5. The van der Waals surface area contributed by atoms with Crippen molar-refractivity contribution < 1.29 is 14.4 Å². The lowest BCUT2D eigenvalue weighted by atomic mass is 10.2. The highest BCUT2D eigenvalue weighted by molar-refractivity contribution is 5.99. The molecule has 1 aliphatic heterocycles. The van der Waals surface area contributed by atoms with Crippen LogP contribution in [0.5, 0.6) is 0 Å². The number of ketones is 1. The zero-order valence-corrected chi connectivity index (χ0v) is 10.9. The third-order valence-corrected chi connectivity index (χ3v) is 3.19. The summed E-state index contributed by atoms with van der Waals surface area (Å²) in [7, 11) is 0. The Morgan fingerprint density at radius 1 is 1.32 bits per heavy atom. The standard InChI is InChI=1S/C13H17N3O3/c1-9(17)10-6-11(14-7-10)13(19)15-8-12(18)16-4-2-3-5-16/h6-7,14H,2-5,8H2,1H3,(H,15,19). The topological polar surface area (TPSA) is 82.3 Å². The first-order chi connectivity index (χ1) is 9.08. The number of Topliss-reactive ketones (excluding diaryl/α,β-unsaturated/α-hetero) is 1. The second kappa shape index (κ2) is 5.69. The van der Waals surface area contributed by atoms with Gasteiger partial charge in [0.05, 0.1) is 6.54 Å². The molecule has 102 valence electrons. The van der Waals surface area contributed by atoms with Gasteiger partial charge in [0, 0.05) is 24.8 Å². The van der Waals surface area contributed by atoms with Crippen LogP contribution in [0.2, 0.25) is 0 Å². The maximum atomic E-state index is 11.8. The first kappa shape index (κ1) is 13.3. The van der Waals surface area contributed by atoms with Crippen molar-refractivity contribution in [2.24, 2.45) is 0 Å². The van der Waals surface area contributed by atoms with Gasteiger partial charge in [-0.1, -0.05) is 0 Å². The van der Waals surface area contributed by atoms with Crippen molar-refractivity contribution in [3.05, 3.63) is 23.5 Å². The van der Waals surface area contributed by atoms with E-state index >= 15 is 0 Å². The zero-order valence-electron chi connectivity index (χ0n) is 10.9. The first-order valence-electron chi connectivity index (χ1n) is 6.33. The summed E-state index contributed by atoms with van der Waals surface area (Å²) < 4.78 is 0. The lowest BCUT2D eigenvalue weighted by Gasteiger charge is -2.15. The van der Waals surface area contributed by atoms with E-state index in [4.69, 9.17) is 0 Å². The van der Waals surface area contributed by atoms with Crippen LogP contribution in [-0.4, -0.2) is 47.1 Å². The van der Waals surface area contributed by atoms with Crippen LogP contribution in [0.3, 0.4) is 0 Å². The van der Waals surface area contributed by atoms with Crippen LogP contribution >= 0.6 is 0 Å². The Morgan fingerprint density at radius 3 is 2.58 bits per heavy atom. The Kier molecular flexibility index (Phi) is 3.99. The van der Waals surface area contributed by atoms with E-state index in [-0.39, 0.29) is 24.1 Å². The van der Waals surface area contributed by atoms with Gasteiger partial charge in [0.1, 0.15) is 5.69 Å². The quantitative estimate of drug-likeness (QED) is 0.779. The third-order valence-electron chi connectivity index (χ3n) is 3.19. The molecule has 19 heavy (non-hydrogen) atoms. The van der Waals surface area contributed by atoms with Gasteiger partial charge in [-0.25, -0.2) is 0 Å². The summed E-state index contributed by atoms with van der Waals surface area (Å²) in [5.74, 6) is -0.548. The van der Waals surface area contributed by atoms with E-state index in [0.717, 1.165) is 25.9 Å². The largest absolute Gasteiger partial charge is 0.356 e. The van der Waals surface area contributed by atoms with E-state index in [1.54, 1.807) is 4.90 Å². The smallest absolute Gasteiger partial charge is 0.268 e. The molecular formula is C13H17N3O3. The van der Waals surface area contributed by atoms with Gasteiger partial charge in [0.25, 0.3) is 5.91 Å². The van der Waals surface area contributed by atoms with Gasteiger partial charge in [-0.3, -0.25) is 14.4 Å². The fraction of sp³-hybridized carbons (Fsp3) is 0.462. The molecule has 0 radical (unpaired) electrons. The molecule has 0 aromatic carbocycles. The van der Waals surface area contributed by atoms with Crippen LogP contribution in [-0.2, 0) is 4.79 Å². The van der Waals surface area contributed by atoms with E-state index in [2.05, 4.69) is 10.3 Å². The van der Waals surface area contributed by atoms with Gasteiger partial charge in [0.2, 0.25) is 5.91 Å². The molecule has 2 heterocycles. The molecule has 6 heteroatoms. The Balaban J connectivity index is 1.86. The molecule has 1 aromatic rings. The van der Waals surface area contributed by atoms with Crippen molar-refractivity contribution in [2.75, 3.05) is 19.6 Å². The van der Waals surface area contributed by atoms with Crippen molar-refractivity contribution in [1.82, 2.24) is 15.2 Å². The molecule has 0 saturated carbocycles. The molecule has 1 fully saturated rings. The average Bonchev–Trinajstić information content (AvgIpc) is 3.05. The van der Waals surface area contributed by atoms with E-state index in [1.807, 2.05) is 0 Å². The summed E-state index contributed by atoms with van der Waals surface area (Å²) in [6.07, 6.45) is 3.54. The van der Waals surface area contributed by atoms with E-state index in [9.17, 15) is 14.4 Å². The minimum Gasteiger partial charge on any atom is -0.356 e. The van der Waals surface area contributed by atoms with Crippen LogP contribution < -0.4 is 5.32 Å². The second-order valence-corrected chi connectivity index (χ2v) is 4.63. The summed E-state index contributed by atoms with van der Waals surface area (Å²) in [6, 6.07) is 1.48. The molecule has 1 aromatic heterocycles. The molecule has 1 aliphatic rings. The zero-order chi connectivity index (χ0) is 13.8. The van der Waals surface area contributed by atoms with Gasteiger partial charge >= 0.3 is 0 Å². The van der Waals surface area contributed by atoms with Crippen LogP contribution in [0.15, 0.2) is 12.3 Å². The van der Waals surface area contributed by atoms with Crippen molar-refractivity contribution in [2.45, 2.75) is 19.8 Å². The summed E-state index contributed by atoms with van der Waals surface area (Å²) in [6.45, 7) is 2.96. The molecule has 2 N–H and O–H groups in total. The number of aromatic nitrogens is 1. The van der Waals surface area contributed by atoms with Crippen LogP contribution in [0.1, 0.15) is 40.6 Å². The fourth-order valence-corrected chi connectivity index (χ4v) is 2.06. The number of carbonyl (C=O) groups is 3. The van der Waals surface area contributed by atoms with Gasteiger partial charge in [-0.05, 0) is 25.8 Å². The highest BCUT2D eigenvalue weighted by Gasteiger charge is 2.19. The molecule has 0 unspecified atom stereocenters. The van der Waals surface area contributed by atoms with Crippen molar-refractivity contribution in [3.8, 4) is 0 Å². The minimum absolute atomic E-state index is 0.00669. The summed E-state index contributed by atoms with van der Waals surface area (Å²) >= 11 is 0. The van der Waals surface area contributed by atoms with Crippen LogP contribution in [0.4, 0.5) is 0 Å². The van der Waals surface area contributed by atoms with Crippen LogP contribution in [0.25, 0.3) is 0 Å². The number of amides is 2. The second-order valence-electron chi connectivity index (χ2n) is 4.63. The Labute approximate surface area is 111 Å². The number of H-pyrrole nitrogens is 1. The number of hydrogen-bond donors (Lipinski definition) is 2. The molecule has 2 amide bonds. The molecule has 0 bridgehead atoms. The van der Waals surface area contributed by atoms with Gasteiger partial charge in [-0.2, -0.15) is 0 Å². The molecular weight excluding hydrogens is 246 g/mol. The van der Waals surface area contributed by atoms with E-state index in [0.29, 0.717) is 11.3 Å². The molecule has 0 atom stereocenters. The monoisotopic (exact) mass is 263 g/mol. The van der Waals surface area contributed by atoms with Crippen molar-refractivity contribution >= 4 is 17.6 Å². The Hall–Kier alpha value is -2.11. The molecule has 0 spiro atoms. The number of rotatable bonds is 4. The van der Waals surface area contributed by atoms with Gasteiger partial charge < -0.3 is 15.2 Å². The minimum atomic E-state index is -0.375. The highest BCUT2D eigenvalue weighted by Crippen LogP contribution is 2.07. The van der Waals surface area contributed by atoms with Gasteiger partial charge in [0.15, 0.2) is 5.78 Å². The predicted molar refractivity (Wildman–Crippen MR) is 68.9 cm³/mol. The number of carbonyl (C=O) groups excluding carboxylic acids is 3. The highest BCUT2D eigenvalue weighted by atomic mass is 16.2. The summed E-state index contributed by atoms with van der Waals surface area (Å²) in [5, 5.41) is 2.56. The Bertz CT molecular complexity index is 501. The molecule has 0 aliphatic carbocycles. The lowest BCUT2D eigenvalue weighted by Crippen LogP contribution is -2.38. The number of nitrogens with one attached hydrogen (secondary N) is 2. The molecule has 1 saturated heterocycles.